The van der Waals surface area contributed by atoms with E-state index in [0.717, 1.165) is 0 Å². The molecule has 2 aliphatic rings. The summed E-state index contributed by atoms with van der Waals surface area (Å²) >= 11 is 0. The average molecular weight is 397 g/mol. The quantitative estimate of drug-likeness (QED) is 0.557. The van der Waals surface area contributed by atoms with Gasteiger partial charge in [0.1, 0.15) is 22.8 Å². The van der Waals surface area contributed by atoms with Crippen LogP contribution in [0.5, 0.6) is 11.5 Å². The van der Waals surface area contributed by atoms with E-state index in [0.29, 0.717) is 21.9 Å². The molecule has 4 rings (SSSR count). The first-order valence-corrected chi connectivity index (χ1v) is 8.99. The van der Waals surface area contributed by atoms with Gasteiger partial charge in [0.25, 0.3) is 5.91 Å². The fraction of sp³-hybridized carbons (Fsp3) is 0.286. The van der Waals surface area contributed by atoms with E-state index in [1.54, 1.807) is 19.1 Å². The highest BCUT2D eigenvalue weighted by molar-refractivity contribution is 6.23. The fourth-order valence-electron chi connectivity index (χ4n) is 4.60. The summed E-state index contributed by atoms with van der Waals surface area (Å²) in [5.74, 6) is -4.88. The molecule has 5 N–H and O–H groups in total. The number of aliphatic hydroxyl groups excluding tert-OH is 1. The molecule has 0 heterocycles. The number of phenolic OH excluding ortho intramolecular Hbond substituents is 1. The van der Waals surface area contributed by atoms with Gasteiger partial charge in [0.05, 0.1) is 18.1 Å². The van der Waals surface area contributed by atoms with Crippen molar-refractivity contribution in [2.45, 2.75) is 25.4 Å². The number of aryl methyl sites for hydroxylation is 1. The summed E-state index contributed by atoms with van der Waals surface area (Å²) in [6, 6.07) is 4.88. The van der Waals surface area contributed by atoms with Crippen molar-refractivity contribution >= 4 is 28.2 Å². The largest absolute Gasteiger partial charge is 0.508 e. The molecule has 0 saturated carbocycles. The molecular weight excluding hydrogens is 378 g/mol. The molecule has 2 atom stereocenters. The van der Waals surface area contributed by atoms with E-state index in [1.807, 2.05) is 0 Å². The van der Waals surface area contributed by atoms with E-state index >= 15 is 0 Å². The summed E-state index contributed by atoms with van der Waals surface area (Å²) in [6.07, 6.45) is -0.225. The summed E-state index contributed by atoms with van der Waals surface area (Å²) in [5, 5.41) is 33.1. The fourth-order valence-corrected chi connectivity index (χ4v) is 4.60. The first-order chi connectivity index (χ1) is 13.6. The highest BCUT2D eigenvalue weighted by atomic mass is 16.5. The molecule has 2 aliphatic carbocycles. The summed E-state index contributed by atoms with van der Waals surface area (Å²) < 4.78 is 5.44. The number of amides is 1. The van der Waals surface area contributed by atoms with Gasteiger partial charge in [-0.1, -0.05) is 12.1 Å². The zero-order valence-corrected chi connectivity index (χ0v) is 15.8. The number of benzene rings is 2. The average Bonchev–Trinajstić information content (AvgIpc) is 2.66. The molecule has 2 aromatic rings. The molecule has 1 amide bonds. The highest BCUT2D eigenvalue weighted by Gasteiger charge is 2.58. The third kappa shape index (κ3) is 2.26. The summed E-state index contributed by atoms with van der Waals surface area (Å²) in [4.78, 5) is 37.4. The standard InChI is InChI=1S/C21H19NO7/c1-8-10-4-3-5-12(23)14(10)17(29-2)15-11(8)6-9-7-13(24)16(20(22)27)19(26)21(9,28)18(15)25/h3-5,9,23,26,28H,6-7H2,1-2H3,(H2,22,27)/t9-,21-/m0/s1. The molecule has 0 aromatic heterocycles. The number of phenols is 1. The molecule has 0 spiro atoms. The summed E-state index contributed by atoms with van der Waals surface area (Å²) in [5.41, 5.74) is 3.19. The van der Waals surface area contributed by atoms with Crippen LogP contribution in [0.4, 0.5) is 0 Å². The molecule has 8 nitrogen and oxygen atoms in total. The zero-order valence-electron chi connectivity index (χ0n) is 15.8. The molecule has 0 bridgehead atoms. The number of primary amides is 1. The van der Waals surface area contributed by atoms with Gasteiger partial charge in [0, 0.05) is 12.3 Å². The van der Waals surface area contributed by atoms with E-state index in [4.69, 9.17) is 10.5 Å². The number of methoxy groups -OCH3 is 1. The predicted molar refractivity (Wildman–Crippen MR) is 102 cm³/mol. The van der Waals surface area contributed by atoms with Crippen LogP contribution in [0, 0.1) is 12.8 Å². The first-order valence-electron chi connectivity index (χ1n) is 8.99. The second-order valence-electron chi connectivity index (χ2n) is 7.42. The van der Waals surface area contributed by atoms with E-state index in [9.17, 15) is 29.7 Å². The molecule has 29 heavy (non-hydrogen) atoms. The van der Waals surface area contributed by atoms with Crippen LogP contribution in [0.3, 0.4) is 0 Å². The van der Waals surface area contributed by atoms with Crippen molar-refractivity contribution in [3.05, 3.63) is 46.2 Å². The molecule has 0 fully saturated rings. The van der Waals surface area contributed by atoms with Crippen molar-refractivity contribution in [3.8, 4) is 11.5 Å². The number of Topliss-reactive ketones (excluding diaryl/α,β-unsaturated/α-hetero) is 2. The van der Waals surface area contributed by atoms with Gasteiger partial charge in [0.2, 0.25) is 5.78 Å². The second kappa shape index (κ2) is 6.05. The lowest BCUT2D eigenvalue weighted by atomic mass is 9.63. The van der Waals surface area contributed by atoms with Crippen molar-refractivity contribution in [1.29, 1.82) is 0 Å². The summed E-state index contributed by atoms with van der Waals surface area (Å²) in [7, 11) is 1.33. The Morgan fingerprint density at radius 2 is 1.93 bits per heavy atom. The Labute approximate surface area is 165 Å². The first kappa shape index (κ1) is 18.9. The molecule has 8 heteroatoms. The van der Waals surface area contributed by atoms with Crippen LogP contribution in [0.15, 0.2) is 29.5 Å². The SMILES string of the molecule is COc1c2c(c(C)c3cccc(O)c13)C[C@H]1CC(=O)C(C(N)=O)=C(O)[C@@]1(O)C2=O. The topological polar surface area (TPSA) is 147 Å². The van der Waals surface area contributed by atoms with Gasteiger partial charge in [-0.25, -0.2) is 0 Å². The number of hydrogen-bond donors (Lipinski definition) is 4. The lowest BCUT2D eigenvalue weighted by molar-refractivity contribution is -0.125. The Balaban J connectivity index is 2.09. The molecule has 2 aromatic carbocycles. The number of aromatic hydroxyl groups is 1. The van der Waals surface area contributed by atoms with Crippen LogP contribution in [0.25, 0.3) is 10.8 Å². The van der Waals surface area contributed by atoms with Crippen LogP contribution in [0.1, 0.15) is 27.9 Å². The van der Waals surface area contributed by atoms with Crippen LogP contribution in [-0.2, 0) is 16.0 Å². The maximum absolute atomic E-state index is 13.5. The molecule has 150 valence electrons. The van der Waals surface area contributed by atoms with Gasteiger partial charge in [-0.3, -0.25) is 14.4 Å². The lowest BCUT2D eigenvalue weighted by Gasteiger charge is -2.42. The number of ketones is 2. The Morgan fingerprint density at radius 1 is 1.24 bits per heavy atom. The minimum absolute atomic E-state index is 0.00229. The number of fused-ring (bicyclic) bond motifs is 3. The van der Waals surface area contributed by atoms with Crippen molar-refractivity contribution in [2.24, 2.45) is 11.7 Å². The Bertz CT molecular complexity index is 1160. The number of hydrogen-bond acceptors (Lipinski definition) is 7. The van der Waals surface area contributed by atoms with Gasteiger partial charge in [-0.15, -0.1) is 0 Å². The van der Waals surface area contributed by atoms with E-state index in [-0.39, 0.29) is 29.9 Å². The van der Waals surface area contributed by atoms with E-state index in [2.05, 4.69) is 0 Å². The smallest absolute Gasteiger partial charge is 0.255 e. The maximum atomic E-state index is 13.5. The van der Waals surface area contributed by atoms with Crippen molar-refractivity contribution < 1.29 is 34.4 Å². The highest BCUT2D eigenvalue weighted by Crippen LogP contribution is 2.50. The minimum Gasteiger partial charge on any atom is -0.508 e. The van der Waals surface area contributed by atoms with Crippen LogP contribution < -0.4 is 10.5 Å². The minimum atomic E-state index is -2.48. The number of carbonyl (C=O) groups is 3. The third-order valence-electron chi connectivity index (χ3n) is 6.03. The number of ether oxygens (including phenoxy) is 1. The van der Waals surface area contributed by atoms with Gasteiger partial charge < -0.3 is 25.8 Å². The normalized spacial score (nSPS) is 23.8. The van der Waals surface area contributed by atoms with Crippen molar-refractivity contribution in [1.82, 2.24) is 0 Å². The monoisotopic (exact) mass is 397 g/mol. The maximum Gasteiger partial charge on any atom is 0.255 e. The van der Waals surface area contributed by atoms with Crippen molar-refractivity contribution in [2.75, 3.05) is 7.11 Å². The number of aliphatic hydroxyl groups is 2. The molecule has 0 radical (unpaired) electrons. The van der Waals surface area contributed by atoms with Crippen LogP contribution in [-0.4, -0.2) is 45.5 Å². The lowest BCUT2D eigenvalue weighted by Crippen LogP contribution is -2.56. The van der Waals surface area contributed by atoms with Crippen LogP contribution in [0.2, 0.25) is 0 Å². The van der Waals surface area contributed by atoms with Gasteiger partial charge >= 0.3 is 0 Å². The van der Waals surface area contributed by atoms with Gasteiger partial charge in [-0.05, 0) is 35.9 Å². The van der Waals surface area contributed by atoms with E-state index < -0.39 is 40.3 Å². The second-order valence-corrected chi connectivity index (χ2v) is 7.42. The summed E-state index contributed by atoms with van der Waals surface area (Å²) in [6.45, 7) is 1.77. The zero-order chi connectivity index (χ0) is 21.2. The van der Waals surface area contributed by atoms with Gasteiger partial charge in [-0.2, -0.15) is 0 Å². The van der Waals surface area contributed by atoms with Gasteiger partial charge in [0.15, 0.2) is 11.4 Å². The number of carbonyl (C=O) groups excluding carboxylic acids is 3. The molecule has 0 aliphatic heterocycles. The predicted octanol–water partition coefficient (Wildman–Crippen LogP) is 1.22. The van der Waals surface area contributed by atoms with Crippen LogP contribution >= 0.6 is 0 Å². The molecule has 0 saturated heterocycles. The molecular formula is C21H19NO7. The van der Waals surface area contributed by atoms with Crippen molar-refractivity contribution in [3.63, 3.8) is 0 Å². The molecule has 0 unspecified atom stereocenters. The Morgan fingerprint density at radius 3 is 2.55 bits per heavy atom. The third-order valence-corrected chi connectivity index (χ3v) is 6.03. The number of rotatable bonds is 2. The number of nitrogens with two attached hydrogens (primary N) is 1. The Hall–Kier alpha value is -3.39. The Kier molecular flexibility index (Phi) is 3.95. The van der Waals surface area contributed by atoms with E-state index in [1.165, 1.54) is 13.2 Å².